The maximum atomic E-state index is 14.8. The lowest BCUT2D eigenvalue weighted by Crippen LogP contribution is -2.42. The van der Waals surface area contributed by atoms with Gasteiger partial charge in [0.1, 0.15) is 17.3 Å². The minimum absolute atomic E-state index is 0.250. The largest absolute Gasteiger partial charge is 0.497 e. The molecule has 0 unspecified atom stereocenters. The summed E-state index contributed by atoms with van der Waals surface area (Å²) >= 11 is 7.69. The van der Waals surface area contributed by atoms with Gasteiger partial charge in [-0.05, 0) is 54.6 Å². The third kappa shape index (κ3) is 2.86. The summed E-state index contributed by atoms with van der Waals surface area (Å²) in [6.07, 6.45) is 0.933. The summed E-state index contributed by atoms with van der Waals surface area (Å²) in [6.45, 7) is 0.925. The summed E-state index contributed by atoms with van der Waals surface area (Å²) in [4.78, 5) is 2.03. The topological polar surface area (TPSA) is 35.7 Å². The van der Waals surface area contributed by atoms with E-state index in [1.54, 1.807) is 23.9 Å². The van der Waals surface area contributed by atoms with Crippen molar-refractivity contribution in [1.29, 1.82) is 0 Å². The van der Waals surface area contributed by atoms with Gasteiger partial charge in [-0.15, -0.1) is 0 Å². The molecule has 4 rings (SSSR count). The molecule has 0 spiro atoms. The Balaban J connectivity index is 1.80. The predicted octanol–water partition coefficient (Wildman–Crippen LogP) is 3.66. The molecule has 1 N–H and O–H groups in total. The van der Waals surface area contributed by atoms with Crippen LogP contribution in [0.3, 0.4) is 0 Å². The standard InChI is InChI=1S/C19H19ClFN2O2S/c1-25-15-7-8-16(17(21)11-15)19(24)12-22(14-5-3-13(20)4-6-14)18-23(19)9-2-10-26-18/h3-8,11,24H,2,9-10,12H2,1H3/q+1/t19-/m0/s1. The zero-order valence-corrected chi connectivity index (χ0v) is 15.9. The number of anilines is 1. The lowest BCUT2D eigenvalue weighted by Gasteiger charge is -2.24. The van der Waals surface area contributed by atoms with Gasteiger partial charge in [-0.3, -0.25) is 0 Å². The lowest BCUT2D eigenvalue weighted by atomic mass is 10.0. The molecule has 2 aliphatic rings. The van der Waals surface area contributed by atoms with Gasteiger partial charge in [0.05, 0.1) is 19.2 Å². The number of aliphatic hydroxyl groups is 1. The molecule has 0 bridgehead atoms. The van der Waals surface area contributed by atoms with Crippen LogP contribution in [-0.4, -0.2) is 40.8 Å². The zero-order chi connectivity index (χ0) is 18.3. The highest BCUT2D eigenvalue weighted by Crippen LogP contribution is 2.39. The summed E-state index contributed by atoms with van der Waals surface area (Å²) in [7, 11) is 1.49. The molecule has 2 aliphatic heterocycles. The number of methoxy groups -OCH3 is 1. The Kier molecular flexibility index (Phi) is 4.59. The van der Waals surface area contributed by atoms with Crippen LogP contribution in [-0.2, 0) is 5.72 Å². The molecule has 7 heteroatoms. The molecule has 0 fully saturated rings. The van der Waals surface area contributed by atoms with Gasteiger partial charge in [0.15, 0.2) is 6.54 Å². The van der Waals surface area contributed by atoms with E-state index in [9.17, 15) is 9.50 Å². The molecule has 0 amide bonds. The third-order valence-electron chi connectivity index (χ3n) is 4.79. The van der Waals surface area contributed by atoms with Crippen LogP contribution in [0, 0.1) is 5.82 Å². The van der Waals surface area contributed by atoms with E-state index in [1.807, 2.05) is 33.7 Å². The van der Waals surface area contributed by atoms with Crippen LogP contribution >= 0.6 is 23.4 Å². The fourth-order valence-corrected chi connectivity index (χ4v) is 4.81. The Morgan fingerprint density at radius 3 is 2.73 bits per heavy atom. The molecular formula is C19H19ClFN2O2S+. The number of thioether (sulfide) groups is 1. The Morgan fingerprint density at radius 2 is 2.04 bits per heavy atom. The monoisotopic (exact) mass is 393 g/mol. The first-order valence-corrected chi connectivity index (χ1v) is 9.76. The molecular weight excluding hydrogens is 375 g/mol. The van der Waals surface area contributed by atoms with Crippen LogP contribution in [0.15, 0.2) is 42.5 Å². The van der Waals surface area contributed by atoms with Gasteiger partial charge in [0.2, 0.25) is 0 Å². The van der Waals surface area contributed by atoms with E-state index >= 15 is 0 Å². The molecule has 0 radical (unpaired) electrons. The van der Waals surface area contributed by atoms with Gasteiger partial charge in [-0.2, -0.15) is 0 Å². The van der Waals surface area contributed by atoms with Crippen LogP contribution in [0.25, 0.3) is 0 Å². The van der Waals surface area contributed by atoms with Gasteiger partial charge in [0.25, 0.3) is 5.72 Å². The molecule has 136 valence electrons. The van der Waals surface area contributed by atoms with Gasteiger partial charge >= 0.3 is 5.17 Å². The number of nitrogens with zero attached hydrogens (tertiary/aromatic N) is 2. The van der Waals surface area contributed by atoms with Crippen molar-refractivity contribution in [2.24, 2.45) is 0 Å². The van der Waals surface area contributed by atoms with E-state index in [0.29, 0.717) is 17.3 Å². The highest BCUT2D eigenvalue weighted by molar-refractivity contribution is 8.13. The number of halogens is 2. The number of hydrogen-bond donors (Lipinski definition) is 1. The Hall–Kier alpha value is -1.76. The van der Waals surface area contributed by atoms with Gasteiger partial charge in [-0.1, -0.05) is 11.6 Å². The number of benzene rings is 2. The maximum absolute atomic E-state index is 14.8. The number of hydrogen-bond acceptors (Lipinski definition) is 4. The normalized spacial score (nSPS) is 22.5. The molecule has 2 heterocycles. The van der Waals surface area contributed by atoms with Crippen molar-refractivity contribution in [2.75, 3.05) is 30.9 Å². The fraction of sp³-hybridized carbons (Fsp3) is 0.316. The van der Waals surface area contributed by atoms with E-state index in [2.05, 4.69) is 0 Å². The van der Waals surface area contributed by atoms with E-state index in [-0.39, 0.29) is 12.1 Å². The van der Waals surface area contributed by atoms with Gasteiger partial charge in [0, 0.05) is 16.8 Å². The molecule has 2 aromatic rings. The highest BCUT2D eigenvalue weighted by atomic mass is 35.5. The van der Waals surface area contributed by atoms with Crippen molar-refractivity contribution in [2.45, 2.75) is 12.1 Å². The third-order valence-corrected chi connectivity index (χ3v) is 6.23. The molecule has 26 heavy (non-hydrogen) atoms. The number of rotatable bonds is 3. The number of amidine groups is 1. The second-order valence-corrected chi connectivity index (χ2v) is 7.86. The Morgan fingerprint density at radius 1 is 1.27 bits per heavy atom. The molecule has 0 saturated carbocycles. The van der Waals surface area contributed by atoms with Crippen LogP contribution < -0.4 is 9.64 Å². The van der Waals surface area contributed by atoms with Gasteiger partial charge in [-0.25, -0.2) is 13.9 Å². The molecule has 0 aliphatic carbocycles. The van der Waals surface area contributed by atoms with E-state index < -0.39 is 11.5 Å². The van der Waals surface area contributed by atoms with Crippen LogP contribution in [0.5, 0.6) is 5.75 Å². The van der Waals surface area contributed by atoms with E-state index in [4.69, 9.17) is 16.3 Å². The van der Waals surface area contributed by atoms with Crippen LogP contribution in [0.2, 0.25) is 5.02 Å². The van der Waals surface area contributed by atoms with Crippen molar-refractivity contribution < 1.29 is 18.8 Å². The molecule has 2 aromatic carbocycles. The van der Waals surface area contributed by atoms with E-state index in [0.717, 1.165) is 23.0 Å². The van der Waals surface area contributed by atoms with Crippen molar-refractivity contribution in [3.63, 3.8) is 0 Å². The minimum Gasteiger partial charge on any atom is -0.497 e. The van der Waals surface area contributed by atoms with Crippen molar-refractivity contribution in [1.82, 2.24) is 0 Å². The second-order valence-electron chi connectivity index (χ2n) is 6.36. The average Bonchev–Trinajstić information content (AvgIpc) is 2.96. The number of β-amino-alcohol motifs (C(OH)–C–C–N with tert-alkyl or cyclic N) is 1. The fourth-order valence-electron chi connectivity index (χ4n) is 3.50. The SMILES string of the molecule is COc1ccc([C@@]2(O)CN(c3ccc(Cl)cc3)C3=[N+]2CCCS3)c(F)c1. The molecule has 1 atom stereocenters. The van der Waals surface area contributed by atoms with Crippen LogP contribution in [0.4, 0.5) is 10.1 Å². The molecule has 4 nitrogen and oxygen atoms in total. The zero-order valence-electron chi connectivity index (χ0n) is 14.3. The predicted molar refractivity (Wildman–Crippen MR) is 103 cm³/mol. The smallest absolute Gasteiger partial charge is 0.316 e. The maximum Gasteiger partial charge on any atom is 0.316 e. The van der Waals surface area contributed by atoms with E-state index in [1.165, 1.54) is 13.2 Å². The first-order chi connectivity index (χ1) is 12.5. The van der Waals surface area contributed by atoms with Crippen molar-refractivity contribution >= 4 is 34.2 Å². The Labute approximate surface area is 160 Å². The molecule has 0 aromatic heterocycles. The van der Waals surface area contributed by atoms with Crippen molar-refractivity contribution in [3.05, 3.63) is 58.9 Å². The first kappa shape index (κ1) is 17.6. The van der Waals surface area contributed by atoms with Crippen molar-refractivity contribution in [3.8, 4) is 5.75 Å². The van der Waals surface area contributed by atoms with Gasteiger partial charge < -0.3 is 9.84 Å². The first-order valence-electron chi connectivity index (χ1n) is 8.40. The number of ether oxygens (including phenoxy) is 1. The summed E-state index contributed by atoms with van der Waals surface area (Å²) in [5, 5.41) is 13.1. The molecule has 0 saturated heterocycles. The summed E-state index contributed by atoms with van der Waals surface area (Å²) in [6, 6.07) is 12.1. The minimum atomic E-state index is -1.43. The summed E-state index contributed by atoms with van der Waals surface area (Å²) < 4.78 is 21.7. The summed E-state index contributed by atoms with van der Waals surface area (Å²) in [5.74, 6) is 0.927. The highest BCUT2D eigenvalue weighted by Gasteiger charge is 2.54. The average molecular weight is 394 g/mol. The summed E-state index contributed by atoms with van der Waals surface area (Å²) in [5.41, 5.74) is -0.248. The second kappa shape index (κ2) is 6.76. The Bertz CT molecular complexity index is 874. The van der Waals surface area contributed by atoms with Crippen LogP contribution in [0.1, 0.15) is 12.0 Å². The lowest BCUT2D eigenvalue weighted by molar-refractivity contribution is -0.657. The quantitative estimate of drug-likeness (QED) is 0.807.